The molecule has 0 radical (unpaired) electrons. The summed E-state index contributed by atoms with van der Waals surface area (Å²) in [7, 11) is 0. The Kier molecular flexibility index (Phi) is 4.21. The summed E-state index contributed by atoms with van der Waals surface area (Å²) < 4.78 is 0. The third kappa shape index (κ3) is 3.10. The molecule has 1 aliphatic rings. The van der Waals surface area contributed by atoms with Crippen LogP contribution in [0.4, 0.5) is 5.82 Å². The number of hydrogen-bond donors (Lipinski definition) is 2. The summed E-state index contributed by atoms with van der Waals surface area (Å²) >= 11 is 0. The summed E-state index contributed by atoms with van der Waals surface area (Å²) in [6.45, 7) is 4.65. The molecule has 3 heterocycles. The van der Waals surface area contributed by atoms with Gasteiger partial charge in [0.15, 0.2) is 11.6 Å². The fraction of sp³-hybridized carbons (Fsp3) is 0.238. The molecule has 1 unspecified atom stereocenters. The number of aromatic nitrogens is 5. The second-order valence-corrected chi connectivity index (χ2v) is 7.08. The van der Waals surface area contributed by atoms with E-state index in [1.807, 2.05) is 25.1 Å². The minimum Gasteiger partial charge on any atom is -0.352 e. The lowest BCUT2D eigenvalue weighted by Crippen LogP contribution is -2.46. The minimum atomic E-state index is 0.276. The highest BCUT2D eigenvalue weighted by molar-refractivity contribution is 5.85. The van der Waals surface area contributed by atoms with E-state index < -0.39 is 0 Å². The highest BCUT2D eigenvalue weighted by Gasteiger charge is 2.22. The molecule has 7 heteroatoms. The zero-order chi connectivity index (χ0) is 18.9. The van der Waals surface area contributed by atoms with E-state index in [-0.39, 0.29) is 6.04 Å². The average molecular weight is 371 g/mol. The molecule has 4 aromatic rings. The van der Waals surface area contributed by atoms with Gasteiger partial charge in [0.1, 0.15) is 0 Å². The third-order valence-corrected chi connectivity index (χ3v) is 5.25. The van der Waals surface area contributed by atoms with Crippen LogP contribution in [0.25, 0.3) is 22.3 Å². The van der Waals surface area contributed by atoms with Gasteiger partial charge in [0, 0.05) is 42.3 Å². The first kappa shape index (κ1) is 16.8. The summed E-state index contributed by atoms with van der Waals surface area (Å²) in [5.74, 6) is 1.49. The molecule has 0 bridgehead atoms. The topological polar surface area (TPSA) is 82.6 Å². The van der Waals surface area contributed by atoms with Gasteiger partial charge in [0.25, 0.3) is 0 Å². The first-order valence-corrected chi connectivity index (χ1v) is 9.46. The molecule has 28 heavy (non-hydrogen) atoms. The average Bonchev–Trinajstić information content (AvgIpc) is 3.15. The van der Waals surface area contributed by atoms with E-state index >= 15 is 0 Å². The molecule has 0 amide bonds. The number of H-pyrrole nitrogens is 1. The maximum Gasteiger partial charge on any atom is 0.183 e. The van der Waals surface area contributed by atoms with Crippen LogP contribution in [-0.4, -0.2) is 45.0 Å². The molecule has 7 nitrogen and oxygen atoms in total. The highest BCUT2D eigenvalue weighted by atomic mass is 15.3. The predicted octanol–water partition coefficient (Wildman–Crippen LogP) is 2.87. The number of aryl methyl sites for hydroxylation is 1. The molecule has 0 spiro atoms. The van der Waals surface area contributed by atoms with Crippen molar-refractivity contribution in [1.82, 2.24) is 30.7 Å². The Morgan fingerprint density at radius 1 is 1.11 bits per heavy atom. The van der Waals surface area contributed by atoms with Gasteiger partial charge >= 0.3 is 0 Å². The molecule has 140 valence electrons. The number of piperazine rings is 1. The summed E-state index contributed by atoms with van der Waals surface area (Å²) in [6, 6.07) is 16.8. The Morgan fingerprint density at radius 3 is 2.89 bits per heavy atom. The van der Waals surface area contributed by atoms with E-state index in [9.17, 15) is 0 Å². The Hall–Kier alpha value is -3.32. The van der Waals surface area contributed by atoms with Crippen LogP contribution in [0.3, 0.4) is 0 Å². The Morgan fingerprint density at radius 2 is 2.00 bits per heavy atom. The number of benzene rings is 2. The van der Waals surface area contributed by atoms with Gasteiger partial charge in [-0.3, -0.25) is 5.10 Å². The molecule has 2 aromatic carbocycles. The quantitative estimate of drug-likeness (QED) is 0.576. The summed E-state index contributed by atoms with van der Waals surface area (Å²) in [4.78, 5) is 7.08. The summed E-state index contributed by atoms with van der Waals surface area (Å²) in [5.41, 5.74) is 4.21. The number of anilines is 1. The number of fused-ring (bicyclic) bond motifs is 1. The lowest BCUT2D eigenvalue weighted by atomic mass is 10.0. The van der Waals surface area contributed by atoms with E-state index in [1.165, 1.54) is 5.56 Å². The summed E-state index contributed by atoms with van der Waals surface area (Å²) in [6.07, 6.45) is 1.75. The van der Waals surface area contributed by atoms with Crippen LogP contribution in [0, 0.1) is 6.92 Å². The van der Waals surface area contributed by atoms with E-state index in [0.29, 0.717) is 5.82 Å². The second-order valence-electron chi connectivity index (χ2n) is 7.08. The van der Waals surface area contributed by atoms with E-state index in [2.05, 4.69) is 60.9 Å². The molecule has 2 aromatic heterocycles. The smallest absolute Gasteiger partial charge is 0.183 e. The molecule has 1 saturated heterocycles. The molecule has 1 fully saturated rings. The highest BCUT2D eigenvalue weighted by Crippen LogP contribution is 2.25. The van der Waals surface area contributed by atoms with Gasteiger partial charge in [0.05, 0.1) is 11.7 Å². The first-order chi connectivity index (χ1) is 13.8. The molecule has 1 atom stereocenters. The molecular weight excluding hydrogens is 350 g/mol. The van der Waals surface area contributed by atoms with Crippen molar-refractivity contribution in [2.75, 3.05) is 24.5 Å². The van der Waals surface area contributed by atoms with Gasteiger partial charge in [0.2, 0.25) is 0 Å². The fourth-order valence-electron chi connectivity index (χ4n) is 3.71. The molecule has 5 rings (SSSR count). The van der Waals surface area contributed by atoms with Crippen LogP contribution >= 0.6 is 0 Å². The van der Waals surface area contributed by atoms with Crippen molar-refractivity contribution in [1.29, 1.82) is 0 Å². The van der Waals surface area contributed by atoms with Crippen molar-refractivity contribution in [2.24, 2.45) is 0 Å². The van der Waals surface area contributed by atoms with Gasteiger partial charge in [-0.2, -0.15) is 10.2 Å². The largest absolute Gasteiger partial charge is 0.352 e. The second kappa shape index (κ2) is 7.01. The molecule has 0 aliphatic carbocycles. The molecule has 2 N–H and O–H groups in total. The predicted molar refractivity (Wildman–Crippen MR) is 109 cm³/mol. The van der Waals surface area contributed by atoms with Gasteiger partial charge in [-0.05, 0) is 30.7 Å². The fourth-order valence-corrected chi connectivity index (χ4v) is 3.71. The van der Waals surface area contributed by atoms with Crippen LogP contribution in [0.1, 0.15) is 17.3 Å². The van der Waals surface area contributed by atoms with Crippen LogP contribution in [0.5, 0.6) is 0 Å². The molecular formula is C21H21N7. The monoisotopic (exact) mass is 371 g/mol. The maximum absolute atomic E-state index is 4.81. The number of nitrogens with zero attached hydrogens (tertiary/aromatic N) is 5. The SMILES string of the molecule is Cc1[nH]nc2ccc(-c3nncc(N4CCNC(c5ccccc5)C4)n3)cc12. The Balaban J connectivity index is 1.44. The molecule has 1 aliphatic heterocycles. The van der Waals surface area contributed by atoms with Gasteiger partial charge < -0.3 is 10.2 Å². The van der Waals surface area contributed by atoms with Gasteiger partial charge in [-0.1, -0.05) is 30.3 Å². The van der Waals surface area contributed by atoms with Crippen molar-refractivity contribution in [3.05, 3.63) is 66.0 Å². The molecule has 0 saturated carbocycles. The standard InChI is InChI=1S/C21H21N7/c1-14-17-11-16(7-8-18(17)26-25-14)21-24-20(12-23-27-21)28-10-9-22-19(13-28)15-5-3-2-4-6-15/h2-8,11-12,19,22H,9-10,13H2,1H3,(H,25,26). The van der Waals surface area contributed by atoms with Crippen molar-refractivity contribution >= 4 is 16.7 Å². The number of nitrogens with one attached hydrogen (secondary N) is 2. The Bertz CT molecular complexity index is 1110. The van der Waals surface area contributed by atoms with Crippen molar-refractivity contribution in [3.8, 4) is 11.4 Å². The minimum absolute atomic E-state index is 0.276. The van der Waals surface area contributed by atoms with Crippen LogP contribution in [0.2, 0.25) is 0 Å². The summed E-state index contributed by atoms with van der Waals surface area (Å²) in [5, 5.41) is 20.5. The normalized spacial score (nSPS) is 17.2. The van der Waals surface area contributed by atoms with E-state index in [0.717, 1.165) is 47.6 Å². The lowest BCUT2D eigenvalue weighted by molar-refractivity contribution is 0.469. The van der Waals surface area contributed by atoms with Crippen molar-refractivity contribution < 1.29 is 0 Å². The van der Waals surface area contributed by atoms with Crippen LogP contribution < -0.4 is 10.2 Å². The van der Waals surface area contributed by atoms with Gasteiger partial charge in [-0.25, -0.2) is 4.98 Å². The first-order valence-electron chi connectivity index (χ1n) is 9.46. The van der Waals surface area contributed by atoms with Crippen molar-refractivity contribution in [3.63, 3.8) is 0 Å². The zero-order valence-electron chi connectivity index (χ0n) is 15.6. The van der Waals surface area contributed by atoms with Crippen LogP contribution in [0.15, 0.2) is 54.7 Å². The van der Waals surface area contributed by atoms with E-state index in [1.54, 1.807) is 6.20 Å². The van der Waals surface area contributed by atoms with E-state index in [4.69, 9.17) is 4.98 Å². The van der Waals surface area contributed by atoms with Crippen molar-refractivity contribution in [2.45, 2.75) is 13.0 Å². The zero-order valence-corrected chi connectivity index (χ0v) is 15.6. The third-order valence-electron chi connectivity index (χ3n) is 5.25. The van der Waals surface area contributed by atoms with Crippen LogP contribution in [-0.2, 0) is 0 Å². The van der Waals surface area contributed by atoms with Gasteiger partial charge in [-0.15, -0.1) is 5.10 Å². The number of rotatable bonds is 3. The lowest BCUT2D eigenvalue weighted by Gasteiger charge is -2.34. The maximum atomic E-state index is 4.81. The number of aromatic amines is 1. The number of hydrogen-bond acceptors (Lipinski definition) is 6. The Labute approximate surface area is 162 Å².